The van der Waals surface area contributed by atoms with E-state index in [9.17, 15) is 13.7 Å². The minimum Gasteiger partial charge on any atom is -0.380 e. The monoisotopic (exact) mass is 357 g/mol. The molecule has 6 heteroatoms. The highest BCUT2D eigenvalue weighted by Gasteiger charge is 2.71. The standard InChI is InChI=1S/C14H16BrNO3S/c1-3-19-9-14(8-16)12(13(14)20(2,17)18)10-4-6-11(15)7-5-10/h4-7,12-13H,3,9H2,1-2H3/t12-,13+,14-/m1/s1. The highest BCUT2D eigenvalue weighted by Crippen LogP contribution is 2.62. The molecular weight excluding hydrogens is 342 g/mol. The van der Waals surface area contributed by atoms with Crippen LogP contribution < -0.4 is 0 Å². The van der Waals surface area contributed by atoms with Crippen LogP contribution in [-0.2, 0) is 14.6 Å². The van der Waals surface area contributed by atoms with E-state index >= 15 is 0 Å². The number of benzene rings is 1. The number of sulfone groups is 1. The second-order valence-corrected chi connectivity index (χ2v) is 8.15. The average molecular weight is 358 g/mol. The van der Waals surface area contributed by atoms with Crippen molar-refractivity contribution in [3.63, 3.8) is 0 Å². The molecule has 0 amide bonds. The van der Waals surface area contributed by atoms with Gasteiger partial charge in [0.25, 0.3) is 0 Å². The molecule has 0 bridgehead atoms. The third-order valence-corrected chi connectivity index (χ3v) is 5.84. The Morgan fingerprint density at radius 2 is 2.00 bits per heavy atom. The summed E-state index contributed by atoms with van der Waals surface area (Å²) in [4.78, 5) is 0. The Labute approximate surface area is 127 Å². The summed E-state index contributed by atoms with van der Waals surface area (Å²) in [6.07, 6.45) is 1.19. The number of rotatable bonds is 5. The van der Waals surface area contributed by atoms with Gasteiger partial charge in [0, 0.05) is 23.3 Å². The first-order valence-electron chi connectivity index (χ1n) is 6.30. The highest BCUT2D eigenvalue weighted by atomic mass is 79.9. The predicted molar refractivity (Wildman–Crippen MR) is 80.1 cm³/mol. The van der Waals surface area contributed by atoms with Crippen LogP contribution in [0.1, 0.15) is 18.4 Å². The third-order valence-electron chi connectivity index (χ3n) is 3.70. The molecule has 0 radical (unpaired) electrons. The first-order valence-corrected chi connectivity index (χ1v) is 9.05. The van der Waals surface area contributed by atoms with Gasteiger partial charge in [0.15, 0.2) is 9.84 Å². The van der Waals surface area contributed by atoms with Gasteiger partial charge in [-0.05, 0) is 24.6 Å². The zero-order valence-corrected chi connectivity index (χ0v) is 13.7. The maximum Gasteiger partial charge on any atom is 0.152 e. The Morgan fingerprint density at radius 1 is 1.40 bits per heavy atom. The number of hydrogen-bond donors (Lipinski definition) is 0. The molecule has 3 atom stereocenters. The second-order valence-electron chi connectivity index (χ2n) is 5.07. The van der Waals surface area contributed by atoms with Crippen LogP contribution in [0.5, 0.6) is 0 Å². The van der Waals surface area contributed by atoms with Crippen molar-refractivity contribution < 1.29 is 13.2 Å². The number of nitrogens with zero attached hydrogens (tertiary/aromatic N) is 1. The number of nitriles is 1. The molecule has 0 aliphatic heterocycles. The molecule has 0 spiro atoms. The lowest BCUT2D eigenvalue weighted by molar-refractivity contribution is 0.117. The first-order chi connectivity index (χ1) is 9.36. The van der Waals surface area contributed by atoms with Gasteiger partial charge in [-0.2, -0.15) is 5.26 Å². The van der Waals surface area contributed by atoms with Gasteiger partial charge in [0.05, 0.1) is 17.9 Å². The van der Waals surface area contributed by atoms with Crippen LogP contribution in [0.3, 0.4) is 0 Å². The molecule has 0 N–H and O–H groups in total. The van der Waals surface area contributed by atoms with Gasteiger partial charge < -0.3 is 4.74 Å². The van der Waals surface area contributed by atoms with Crippen molar-refractivity contribution in [1.82, 2.24) is 0 Å². The van der Waals surface area contributed by atoms with Crippen LogP contribution in [0.4, 0.5) is 0 Å². The summed E-state index contributed by atoms with van der Waals surface area (Å²) < 4.78 is 30.2. The summed E-state index contributed by atoms with van der Waals surface area (Å²) in [5.41, 5.74) is -0.0953. The smallest absolute Gasteiger partial charge is 0.152 e. The fourth-order valence-electron chi connectivity index (χ4n) is 2.78. The number of ether oxygens (including phenoxy) is 1. The van der Waals surface area contributed by atoms with Crippen LogP contribution in [0, 0.1) is 16.7 Å². The Bertz CT molecular complexity index is 635. The molecule has 20 heavy (non-hydrogen) atoms. The zero-order valence-electron chi connectivity index (χ0n) is 11.3. The van der Waals surface area contributed by atoms with Gasteiger partial charge in [-0.3, -0.25) is 0 Å². The fourth-order valence-corrected chi connectivity index (χ4v) is 4.90. The molecule has 1 aromatic rings. The SMILES string of the molecule is CCOC[C@]1(C#N)[C@H](c2ccc(Br)cc2)[C@@H]1S(C)(=O)=O. The van der Waals surface area contributed by atoms with Crippen LogP contribution in [0.2, 0.25) is 0 Å². The van der Waals surface area contributed by atoms with Gasteiger partial charge in [0.1, 0.15) is 5.41 Å². The number of hydrogen-bond acceptors (Lipinski definition) is 4. The molecule has 2 rings (SSSR count). The Hall–Kier alpha value is -0.900. The molecule has 0 unspecified atom stereocenters. The van der Waals surface area contributed by atoms with E-state index < -0.39 is 20.5 Å². The molecule has 1 fully saturated rings. The second kappa shape index (κ2) is 5.47. The van der Waals surface area contributed by atoms with E-state index in [1.807, 2.05) is 31.2 Å². The summed E-state index contributed by atoms with van der Waals surface area (Å²) in [5, 5.41) is 8.81. The fraction of sp³-hybridized carbons (Fsp3) is 0.500. The van der Waals surface area contributed by atoms with Crippen LogP contribution in [-0.4, -0.2) is 33.1 Å². The minimum atomic E-state index is -3.30. The topological polar surface area (TPSA) is 67.2 Å². The van der Waals surface area contributed by atoms with E-state index in [1.54, 1.807) is 0 Å². The van der Waals surface area contributed by atoms with Crippen molar-refractivity contribution >= 4 is 25.8 Å². The quantitative estimate of drug-likeness (QED) is 0.811. The summed E-state index contributed by atoms with van der Waals surface area (Å²) in [6.45, 7) is 2.45. The van der Waals surface area contributed by atoms with Gasteiger partial charge >= 0.3 is 0 Å². The molecule has 0 heterocycles. The summed E-state index contributed by atoms with van der Waals surface area (Å²) in [6, 6.07) is 9.62. The molecule has 1 aromatic carbocycles. The van der Waals surface area contributed by atoms with Crippen molar-refractivity contribution in [2.45, 2.75) is 18.1 Å². The van der Waals surface area contributed by atoms with Gasteiger partial charge in [0.2, 0.25) is 0 Å². The predicted octanol–water partition coefficient (Wildman–Crippen LogP) is 2.51. The van der Waals surface area contributed by atoms with Crippen molar-refractivity contribution in [2.75, 3.05) is 19.5 Å². The summed E-state index contributed by atoms with van der Waals surface area (Å²) in [5.74, 6) is -0.317. The maximum atomic E-state index is 12.0. The van der Waals surface area contributed by atoms with E-state index in [4.69, 9.17) is 4.74 Å². The maximum absolute atomic E-state index is 12.0. The van der Waals surface area contributed by atoms with Crippen molar-refractivity contribution in [3.05, 3.63) is 34.3 Å². The average Bonchev–Trinajstić information content (AvgIpc) is 3.07. The normalized spacial score (nSPS) is 28.9. The summed E-state index contributed by atoms with van der Waals surface area (Å²) >= 11 is 3.35. The van der Waals surface area contributed by atoms with Gasteiger partial charge in [-0.15, -0.1) is 0 Å². The molecule has 0 saturated heterocycles. The molecular formula is C14H16BrNO3S. The van der Waals surface area contributed by atoms with E-state index in [1.165, 1.54) is 6.26 Å². The zero-order chi connectivity index (χ0) is 15.0. The lowest BCUT2D eigenvalue weighted by Gasteiger charge is -2.08. The third kappa shape index (κ3) is 2.62. The van der Waals surface area contributed by atoms with Crippen molar-refractivity contribution in [2.24, 2.45) is 5.41 Å². The Kier molecular flexibility index (Phi) is 4.24. The molecule has 1 aliphatic carbocycles. The molecule has 1 saturated carbocycles. The van der Waals surface area contributed by atoms with Gasteiger partial charge in [-0.1, -0.05) is 28.1 Å². The minimum absolute atomic E-state index is 0.151. The van der Waals surface area contributed by atoms with Crippen LogP contribution >= 0.6 is 15.9 Å². The van der Waals surface area contributed by atoms with Crippen LogP contribution in [0.15, 0.2) is 28.7 Å². The Balaban J connectivity index is 2.40. The van der Waals surface area contributed by atoms with Gasteiger partial charge in [-0.25, -0.2) is 8.42 Å². The molecule has 0 aromatic heterocycles. The van der Waals surface area contributed by atoms with E-state index in [0.717, 1.165) is 10.0 Å². The first kappa shape index (κ1) is 15.5. The lowest BCUT2D eigenvalue weighted by atomic mass is 10.0. The number of halogens is 1. The van der Waals surface area contributed by atoms with Crippen molar-refractivity contribution in [3.8, 4) is 6.07 Å². The highest BCUT2D eigenvalue weighted by molar-refractivity contribution is 9.10. The van der Waals surface area contributed by atoms with Crippen LogP contribution in [0.25, 0.3) is 0 Å². The van der Waals surface area contributed by atoms with E-state index in [2.05, 4.69) is 22.0 Å². The lowest BCUT2D eigenvalue weighted by Crippen LogP contribution is -2.18. The molecule has 4 nitrogen and oxygen atoms in total. The van der Waals surface area contributed by atoms with E-state index in [0.29, 0.717) is 6.61 Å². The summed E-state index contributed by atoms with van der Waals surface area (Å²) in [7, 11) is -3.30. The Morgan fingerprint density at radius 3 is 2.45 bits per heavy atom. The van der Waals surface area contributed by atoms with Crippen molar-refractivity contribution in [1.29, 1.82) is 5.26 Å². The largest absolute Gasteiger partial charge is 0.380 e. The molecule has 108 valence electrons. The molecule has 1 aliphatic rings. The van der Waals surface area contributed by atoms with E-state index in [-0.39, 0.29) is 12.5 Å².